The van der Waals surface area contributed by atoms with Crippen LogP contribution in [0, 0.1) is 0 Å². The number of hydrogen-bond donors (Lipinski definition) is 0. The molecule has 12 aromatic rings. The number of aryl methyl sites for hydroxylation is 4. The zero-order valence-electron chi connectivity index (χ0n) is 56.9. The van der Waals surface area contributed by atoms with Crippen LogP contribution < -0.4 is 9.47 Å². The molecule has 89 heavy (non-hydrogen) atoms. The first-order valence-corrected chi connectivity index (χ1v) is 33.0. The maximum atomic E-state index is 7.13. The van der Waals surface area contributed by atoms with Gasteiger partial charge in [0.2, 0.25) is 0 Å². The lowest BCUT2D eigenvalue weighted by Gasteiger charge is -2.19. The molecule has 0 aliphatic carbocycles. The third kappa shape index (κ3) is 12.0. The zero-order valence-corrected chi connectivity index (χ0v) is 56.9. The summed E-state index contributed by atoms with van der Waals surface area (Å²) in [6.45, 7) is 45.9. The van der Waals surface area contributed by atoms with Gasteiger partial charge in [0, 0.05) is 97.7 Å². The lowest BCUT2D eigenvalue weighted by atomic mass is 9.85. The first-order valence-electron chi connectivity index (χ1n) is 33.0. The Morgan fingerprint density at radius 1 is 0.303 bits per heavy atom. The van der Waals surface area contributed by atoms with Crippen LogP contribution in [-0.2, 0) is 58.7 Å². The molecule has 0 radical (unpaired) electrons. The van der Waals surface area contributed by atoms with Crippen LogP contribution in [0.5, 0.6) is 11.5 Å². The third-order valence-corrected chi connectivity index (χ3v) is 19.0. The average molecular weight is 1180 g/mol. The molecular formula is C82H97N5O2. The fourth-order valence-corrected chi connectivity index (χ4v) is 13.4. The van der Waals surface area contributed by atoms with E-state index in [-0.39, 0.29) is 32.5 Å². The highest BCUT2D eigenvalue weighted by atomic mass is 16.5. The molecule has 0 saturated carbocycles. The fourth-order valence-electron chi connectivity index (χ4n) is 13.4. The lowest BCUT2D eigenvalue weighted by molar-refractivity contribution is 0.289. The molecule has 462 valence electrons. The van der Waals surface area contributed by atoms with E-state index in [9.17, 15) is 0 Å². The third-order valence-electron chi connectivity index (χ3n) is 19.0. The number of rotatable bonds is 15. The summed E-state index contributed by atoms with van der Waals surface area (Å²) in [7, 11) is 0. The van der Waals surface area contributed by atoms with Gasteiger partial charge in [-0.2, -0.15) is 0 Å². The molecule has 0 atom stereocenters. The minimum atomic E-state index is 0.0361. The summed E-state index contributed by atoms with van der Waals surface area (Å²) in [4.78, 5) is 5.46. The Balaban J connectivity index is 0.869. The van der Waals surface area contributed by atoms with Gasteiger partial charge in [-0.1, -0.05) is 173 Å². The molecule has 0 spiro atoms. The molecule has 0 fully saturated rings. The van der Waals surface area contributed by atoms with Gasteiger partial charge in [0.25, 0.3) is 0 Å². The van der Waals surface area contributed by atoms with Crippen LogP contribution in [0.3, 0.4) is 0 Å². The Bertz CT molecular complexity index is 4430. The molecule has 12 rings (SSSR count). The monoisotopic (exact) mass is 1180 g/mol. The number of fused-ring (bicyclic) bond motifs is 10. The van der Waals surface area contributed by atoms with Crippen molar-refractivity contribution in [3.05, 3.63) is 185 Å². The minimum absolute atomic E-state index is 0.0361. The molecule has 0 amide bonds. The van der Waals surface area contributed by atoms with Gasteiger partial charge < -0.3 is 27.7 Å². The second kappa shape index (κ2) is 22.6. The topological polar surface area (TPSA) is 51.1 Å². The molecular weight excluding hydrogens is 1090 g/mol. The molecule has 0 unspecified atom stereocenters. The highest BCUT2D eigenvalue weighted by Crippen LogP contribution is 2.42. The molecule has 0 aliphatic rings. The first-order chi connectivity index (χ1) is 41.9. The molecule has 0 N–H and O–H groups in total. The van der Waals surface area contributed by atoms with E-state index in [1.54, 1.807) is 0 Å². The Hall–Kier alpha value is -7.77. The largest absolute Gasteiger partial charge is 0.493 e. The second-order valence-corrected chi connectivity index (χ2v) is 31.8. The van der Waals surface area contributed by atoms with E-state index >= 15 is 0 Å². The fraction of sp³-hybridized carbons (Fsp3) is 0.402. The van der Waals surface area contributed by atoms with E-state index in [4.69, 9.17) is 14.5 Å². The molecule has 7 heteroatoms. The first kappa shape index (κ1) is 61.5. The summed E-state index contributed by atoms with van der Waals surface area (Å²) < 4.78 is 23.9. The predicted octanol–water partition coefficient (Wildman–Crippen LogP) is 21.8. The van der Waals surface area contributed by atoms with Crippen molar-refractivity contribution in [3.63, 3.8) is 0 Å². The Morgan fingerprint density at radius 3 is 0.966 bits per heavy atom. The van der Waals surface area contributed by atoms with Gasteiger partial charge in [-0.05, 0) is 182 Å². The van der Waals surface area contributed by atoms with Gasteiger partial charge >= 0.3 is 0 Å². The van der Waals surface area contributed by atoms with Crippen molar-refractivity contribution in [1.29, 1.82) is 0 Å². The van der Waals surface area contributed by atoms with Crippen molar-refractivity contribution in [2.45, 2.75) is 203 Å². The highest BCUT2D eigenvalue weighted by molar-refractivity contribution is 6.10. The number of ether oxygens (including phenoxy) is 2. The minimum Gasteiger partial charge on any atom is -0.493 e. The second-order valence-electron chi connectivity index (χ2n) is 31.8. The summed E-state index contributed by atoms with van der Waals surface area (Å²) in [6.07, 6.45) is 2.55. The normalized spacial score (nSPS) is 13.2. The maximum absolute atomic E-state index is 7.13. The summed E-state index contributed by atoms with van der Waals surface area (Å²) in [5.74, 6) is 2.48. The van der Waals surface area contributed by atoms with Gasteiger partial charge in [-0.25, -0.2) is 4.98 Å². The summed E-state index contributed by atoms with van der Waals surface area (Å²) in [5.41, 5.74) is 19.0. The van der Waals surface area contributed by atoms with Crippen molar-refractivity contribution in [3.8, 4) is 22.9 Å². The van der Waals surface area contributed by atoms with Gasteiger partial charge in [-0.15, -0.1) is 0 Å². The quantitative estimate of drug-likeness (QED) is 0.0961. The molecule has 0 saturated heterocycles. The molecule has 4 aromatic heterocycles. The molecule has 7 nitrogen and oxygen atoms in total. The van der Waals surface area contributed by atoms with Crippen LogP contribution in [0.15, 0.2) is 152 Å². The molecule has 4 heterocycles. The number of para-hydroxylation sites is 2. The van der Waals surface area contributed by atoms with Crippen molar-refractivity contribution in [1.82, 2.24) is 23.3 Å². The number of imidazole rings is 1. The smallest absolute Gasteiger partial charge is 0.144 e. The lowest BCUT2D eigenvalue weighted by Crippen LogP contribution is -2.11. The van der Waals surface area contributed by atoms with Crippen molar-refractivity contribution in [2.24, 2.45) is 0 Å². The van der Waals surface area contributed by atoms with Crippen LogP contribution in [-0.4, -0.2) is 36.5 Å². The van der Waals surface area contributed by atoms with Gasteiger partial charge in [0.1, 0.15) is 17.3 Å². The maximum Gasteiger partial charge on any atom is 0.144 e. The Kier molecular flexibility index (Phi) is 15.6. The van der Waals surface area contributed by atoms with Crippen LogP contribution in [0.25, 0.3) is 87.8 Å². The van der Waals surface area contributed by atoms with Crippen LogP contribution in [0.2, 0.25) is 0 Å². The summed E-state index contributed by atoms with van der Waals surface area (Å²) in [6, 6.07) is 57.7. The molecule has 8 aromatic carbocycles. The van der Waals surface area contributed by atoms with Crippen LogP contribution in [0.4, 0.5) is 0 Å². The average Bonchev–Trinajstić information content (AvgIpc) is 1.64. The number of nitrogens with zero attached hydrogens (tertiary/aromatic N) is 5. The molecule has 0 bridgehead atoms. The van der Waals surface area contributed by atoms with Crippen molar-refractivity contribution in [2.75, 3.05) is 13.2 Å². The number of hydrogen-bond acceptors (Lipinski definition) is 3. The van der Waals surface area contributed by atoms with Gasteiger partial charge in [-0.3, -0.25) is 0 Å². The van der Waals surface area contributed by atoms with Crippen molar-refractivity contribution < 1.29 is 9.47 Å². The highest BCUT2D eigenvalue weighted by Gasteiger charge is 2.26. The van der Waals surface area contributed by atoms with E-state index < -0.39 is 0 Å². The van der Waals surface area contributed by atoms with E-state index in [0.717, 1.165) is 79.4 Å². The Morgan fingerprint density at radius 2 is 0.618 bits per heavy atom. The Labute approximate surface area is 530 Å². The summed E-state index contributed by atoms with van der Waals surface area (Å²) >= 11 is 0. The van der Waals surface area contributed by atoms with Gasteiger partial charge in [0.05, 0.1) is 29.8 Å². The predicted molar refractivity (Wildman–Crippen MR) is 381 cm³/mol. The van der Waals surface area contributed by atoms with Crippen LogP contribution in [0.1, 0.15) is 177 Å². The zero-order chi connectivity index (χ0) is 63.3. The van der Waals surface area contributed by atoms with E-state index in [1.807, 2.05) is 0 Å². The molecule has 0 aliphatic heterocycles. The van der Waals surface area contributed by atoms with E-state index in [1.165, 1.54) is 98.8 Å². The van der Waals surface area contributed by atoms with E-state index in [2.05, 4.69) is 295 Å². The SMILES string of the molecule is CC(C)(C)c1ccc2c(c1)c1cc(C(C)(C)C)ccc1n2CCCOc1ccc(-c2nc3ccccc3n2CCCn2c3ccc(C(C)(C)C)cc3c3cc(C(C)(C)C)ccc32)c(OCCCn2c3ccc(C(C)(C)C)cc3c3cc(C(C)(C)C)ccc32)c1. The standard InChI is InChI=1S/C82H97N5O2/c1-77(2,3)53-26-34-68-61(46-53)62-47-54(78(4,5)6)27-35-69(62)84(68)40-21-41-87-74-25-20-19-24-67(74)83-76(87)60-33-32-59(88-44-22-42-85-70-36-28-55(79(7,8)9)48-63(70)64-49-56(80(10,11)12)29-37-71(64)85)52-75(60)89-45-23-43-86-72-38-30-57(81(13,14)15)50-65(72)66-51-58(82(16,17)18)31-39-73(66)86/h19-20,24-39,46-52H,21-23,40-45H2,1-18H3. The number of aromatic nitrogens is 5. The number of benzene rings is 8. The summed E-state index contributed by atoms with van der Waals surface area (Å²) in [5, 5.41) is 7.93. The van der Waals surface area contributed by atoms with Crippen LogP contribution >= 0.6 is 0 Å². The van der Waals surface area contributed by atoms with E-state index in [0.29, 0.717) is 13.2 Å². The van der Waals surface area contributed by atoms with Crippen molar-refractivity contribution >= 4 is 76.5 Å². The van der Waals surface area contributed by atoms with Gasteiger partial charge in [0.15, 0.2) is 0 Å².